The molecule has 0 aliphatic carbocycles. The maximum atomic E-state index is 13.5. The van der Waals surface area contributed by atoms with Gasteiger partial charge in [-0.05, 0) is 74.7 Å². The van der Waals surface area contributed by atoms with E-state index in [4.69, 9.17) is 19.8 Å². The molecule has 4 aromatic rings. The number of rotatable bonds is 10. The third-order valence-corrected chi connectivity index (χ3v) is 10.2. The number of carbonyl (C=O) groups is 2. The molecule has 0 atom stereocenters. The lowest BCUT2D eigenvalue weighted by Crippen LogP contribution is -2.33. The van der Waals surface area contributed by atoms with E-state index < -0.39 is 50.6 Å². The molecule has 0 fully saturated rings. The molecule has 16 nitrogen and oxygen atoms in total. The number of benzene rings is 3. The summed E-state index contributed by atoms with van der Waals surface area (Å²) in [4.78, 5) is 36.4. The van der Waals surface area contributed by atoms with Crippen LogP contribution in [-0.4, -0.2) is 72.8 Å². The smallest absolute Gasteiger partial charge is 0.363 e. The normalized spacial score (nSPS) is 16.1. The molecule has 18 heteroatoms. The number of aromatic hydroxyl groups is 2. The second-order valence-corrected chi connectivity index (χ2v) is 16.2. The average Bonchev–Trinajstić information content (AvgIpc) is 3.39. The van der Waals surface area contributed by atoms with E-state index in [9.17, 15) is 37.9 Å². The summed E-state index contributed by atoms with van der Waals surface area (Å²) in [7, 11) is -4.51. The first-order valence-electron chi connectivity index (χ1n) is 16.4. The van der Waals surface area contributed by atoms with Crippen LogP contribution >= 0.6 is 12.0 Å². The molecule has 4 heterocycles. The molecule has 0 saturated heterocycles. The number of ether oxygens (including phenoxy) is 1. The highest BCUT2D eigenvalue weighted by Crippen LogP contribution is 2.45. The van der Waals surface area contributed by atoms with Gasteiger partial charge < -0.3 is 30.2 Å². The van der Waals surface area contributed by atoms with Gasteiger partial charge in [-0.15, -0.1) is 9.06 Å². The van der Waals surface area contributed by atoms with E-state index in [0.717, 1.165) is 29.7 Å². The minimum atomic E-state index is -4.51. The Hall–Kier alpha value is -5.63. The number of hydrogen-bond donors (Lipinski definition) is 6. The van der Waals surface area contributed by atoms with Crippen LogP contribution in [0.15, 0.2) is 71.7 Å². The van der Waals surface area contributed by atoms with E-state index in [0.29, 0.717) is 43.4 Å². The van der Waals surface area contributed by atoms with Gasteiger partial charge >= 0.3 is 11.9 Å². The Morgan fingerprint density at radius 1 is 0.909 bits per heavy atom. The number of aromatic carboxylic acids is 1. The lowest BCUT2D eigenvalue weighted by molar-refractivity contribution is -0.432. The Kier molecular flexibility index (Phi) is 9.31. The molecule has 1 aromatic heterocycles. The molecule has 0 spiro atoms. The number of nitrogens with one attached hydrogen (secondary N) is 1. The third-order valence-electron chi connectivity index (χ3n) is 8.95. The van der Waals surface area contributed by atoms with Crippen LogP contribution in [0.25, 0.3) is 16.7 Å². The van der Waals surface area contributed by atoms with Gasteiger partial charge in [0.1, 0.15) is 17.3 Å². The van der Waals surface area contributed by atoms with Gasteiger partial charge in [0.25, 0.3) is 10.1 Å². The lowest BCUT2D eigenvalue weighted by atomic mass is 9.84. The van der Waals surface area contributed by atoms with E-state index in [1.807, 2.05) is 19.9 Å². The molecule has 0 radical (unpaired) electrons. The van der Waals surface area contributed by atoms with Crippen LogP contribution in [0.5, 0.6) is 23.3 Å². The quantitative estimate of drug-likeness (QED) is 0.0374. The topological polar surface area (TPSA) is 236 Å². The Morgan fingerprint density at radius 3 is 2.31 bits per heavy atom. The Balaban J connectivity index is 1.54. The zero-order chi connectivity index (χ0) is 39.6. The van der Waals surface area contributed by atoms with Gasteiger partial charge in [-0.1, -0.05) is 17.2 Å². The van der Waals surface area contributed by atoms with Gasteiger partial charge in [0, 0.05) is 75.2 Å². The molecule has 55 heavy (non-hydrogen) atoms. The predicted molar refractivity (Wildman–Crippen MR) is 199 cm³/mol. The molecule has 286 valence electrons. The minimum absolute atomic E-state index is 0.0306. The molecule has 0 bridgehead atoms. The molecule has 3 aromatic carbocycles. The van der Waals surface area contributed by atoms with Crippen molar-refractivity contribution in [2.75, 3.05) is 16.8 Å². The zero-order valence-electron chi connectivity index (χ0n) is 29.5. The summed E-state index contributed by atoms with van der Waals surface area (Å²) in [5.41, 5.74) is 1.52. The van der Waals surface area contributed by atoms with Gasteiger partial charge in [-0.3, -0.25) is 9.55 Å². The van der Waals surface area contributed by atoms with E-state index in [1.165, 1.54) is 18.2 Å². The molecule has 0 saturated carbocycles. The Labute approximate surface area is 317 Å². The van der Waals surface area contributed by atoms with Crippen LogP contribution in [0.1, 0.15) is 70.7 Å². The van der Waals surface area contributed by atoms with Crippen LogP contribution in [0.4, 0.5) is 5.69 Å². The van der Waals surface area contributed by atoms with Crippen LogP contribution < -0.4 is 25.5 Å². The van der Waals surface area contributed by atoms with Crippen molar-refractivity contribution in [2.45, 2.75) is 38.8 Å². The number of anilines is 1. The first-order valence-corrected chi connectivity index (χ1v) is 19.0. The van der Waals surface area contributed by atoms with Gasteiger partial charge in [0.05, 0.1) is 27.6 Å². The highest BCUT2D eigenvalue weighted by Gasteiger charge is 2.33. The highest BCUT2D eigenvalue weighted by molar-refractivity contribution is 7.95. The van der Waals surface area contributed by atoms with Crippen LogP contribution in [0, 0.1) is 0 Å². The summed E-state index contributed by atoms with van der Waals surface area (Å²) in [5.74, 6) is -3.53. The minimum Gasteiger partial charge on any atom is -0.492 e. The number of carboxylic acid groups (broad SMARTS) is 1. The van der Waals surface area contributed by atoms with Crippen molar-refractivity contribution in [1.29, 1.82) is 0 Å². The van der Waals surface area contributed by atoms with Crippen molar-refractivity contribution in [2.24, 2.45) is 4.99 Å². The fourth-order valence-electron chi connectivity index (χ4n) is 6.96. The largest absolute Gasteiger partial charge is 0.492 e. The SMILES string of the molecule is CC1(C)C=C(CS(=O)(=O)O)c2cc3c(cc2=N1)Oc1cc2c(cc1C=3c1cc(C(=O)On3c(O)ccc3O)ccc1C(=O)O)C(CSOOO)=CC(C)(C)N2. The fraction of sp³-hybridized carbons (Fsp3) is 0.216. The number of nitrogens with zero attached hydrogens (tertiary/aromatic N) is 2. The molecule has 0 unspecified atom stereocenters. The average molecular weight is 792 g/mol. The molecular weight excluding hydrogens is 759 g/mol. The fourth-order valence-corrected chi connectivity index (χ4v) is 8.05. The Bertz CT molecular complexity index is 2610. The standard InChI is InChI=1S/C37H33N3O13S2/c1-36(2)14-19(16-54-53-52-46)22-10-25-29(12-27(22)38-36)50-30-13-28-23(20(17-55(47,48)49)15-37(3,4)39-28)11-26(30)33(25)24-9-18(5-6-21(24)34(43)44)35(45)51-40-31(41)7-8-32(40)42/h5-15,38,41-42,46H,16-17H2,1-4H3,(H,43,44)(H,47,48,49). The first-order chi connectivity index (χ1) is 25.8. The molecule has 0 amide bonds. The number of aromatic nitrogens is 1. The third kappa shape index (κ3) is 7.42. The van der Waals surface area contributed by atoms with E-state index >= 15 is 0 Å². The van der Waals surface area contributed by atoms with E-state index in [-0.39, 0.29) is 39.3 Å². The van der Waals surface area contributed by atoms with E-state index in [1.54, 1.807) is 44.2 Å². The second kappa shape index (κ2) is 13.6. The van der Waals surface area contributed by atoms with Gasteiger partial charge in [-0.2, -0.15) is 8.42 Å². The molecule has 3 aliphatic rings. The first kappa shape index (κ1) is 37.7. The Morgan fingerprint density at radius 2 is 1.64 bits per heavy atom. The molecule has 7 rings (SSSR count). The predicted octanol–water partition coefficient (Wildman–Crippen LogP) is 4.56. The highest BCUT2D eigenvalue weighted by atomic mass is 32.2. The van der Waals surface area contributed by atoms with Crippen molar-refractivity contribution in [3.63, 3.8) is 0 Å². The molecular formula is C37H33N3O13S2. The monoisotopic (exact) mass is 791 g/mol. The zero-order valence-corrected chi connectivity index (χ0v) is 31.1. The van der Waals surface area contributed by atoms with Crippen molar-refractivity contribution in [3.8, 4) is 23.3 Å². The summed E-state index contributed by atoms with van der Waals surface area (Å²) < 4.78 is 46.0. The molecule has 6 N–H and O–H groups in total. The molecule has 3 aliphatic heterocycles. The van der Waals surface area contributed by atoms with Gasteiger partial charge in [0.15, 0.2) is 0 Å². The maximum absolute atomic E-state index is 13.5. The lowest BCUT2D eigenvalue weighted by Gasteiger charge is -2.34. The number of hydrogen-bond acceptors (Lipinski definition) is 14. The summed E-state index contributed by atoms with van der Waals surface area (Å²) >= 11 is 0.823. The second-order valence-electron chi connectivity index (χ2n) is 14.1. The maximum Gasteiger partial charge on any atom is 0.363 e. The van der Waals surface area contributed by atoms with Gasteiger partial charge in [0.2, 0.25) is 11.8 Å². The van der Waals surface area contributed by atoms with Crippen molar-refractivity contribution >= 4 is 56.5 Å². The van der Waals surface area contributed by atoms with Crippen LogP contribution in [-0.2, 0) is 19.5 Å². The number of carbonyl (C=O) groups excluding carboxylic acids is 1. The van der Waals surface area contributed by atoms with E-state index in [2.05, 4.69) is 14.7 Å². The van der Waals surface area contributed by atoms with Crippen molar-refractivity contribution in [3.05, 3.63) is 111 Å². The number of fused-ring (bicyclic) bond motifs is 4. The summed E-state index contributed by atoms with van der Waals surface area (Å²) in [6.07, 6.45) is 3.57. The van der Waals surface area contributed by atoms with Crippen LogP contribution in [0.3, 0.4) is 0 Å². The van der Waals surface area contributed by atoms with Crippen LogP contribution in [0.2, 0.25) is 0 Å². The van der Waals surface area contributed by atoms with Gasteiger partial charge in [-0.25, -0.2) is 14.8 Å². The van der Waals surface area contributed by atoms with Crippen molar-refractivity contribution < 1.29 is 62.1 Å². The summed E-state index contributed by atoms with van der Waals surface area (Å²) in [6, 6.07) is 12.7. The summed E-state index contributed by atoms with van der Waals surface area (Å²) in [5, 5.41) is 47.4. The number of carboxylic acids is 1. The van der Waals surface area contributed by atoms with Crippen molar-refractivity contribution in [1.82, 2.24) is 4.73 Å². The summed E-state index contributed by atoms with van der Waals surface area (Å²) in [6.45, 7) is 7.43.